The van der Waals surface area contributed by atoms with Crippen molar-refractivity contribution in [2.24, 2.45) is 0 Å². The van der Waals surface area contributed by atoms with Crippen molar-refractivity contribution in [2.75, 3.05) is 13.2 Å². The van der Waals surface area contributed by atoms with Crippen LogP contribution in [0.15, 0.2) is 12.1 Å². The molecule has 3 rings (SSSR count). The number of nitrogens with zero attached hydrogens (tertiary/aromatic N) is 1. The minimum atomic E-state index is -0.607. The number of fused-ring (bicyclic) bond motifs is 2. The summed E-state index contributed by atoms with van der Waals surface area (Å²) in [6, 6.07) is 3.72. The molecule has 90 valence electrons. The van der Waals surface area contributed by atoms with Crippen molar-refractivity contribution in [2.45, 2.75) is 19.4 Å². The van der Waals surface area contributed by atoms with Crippen LogP contribution in [0.5, 0.6) is 11.5 Å². The normalized spacial score (nSPS) is 16.8. The van der Waals surface area contributed by atoms with Gasteiger partial charge in [-0.05, 0) is 6.92 Å². The van der Waals surface area contributed by atoms with Gasteiger partial charge in [-0.15, -0.1) is 0 Å². The molecular weight excluding hydrogens is 220 g/mol. The van der Waals surface area contributed by atoms with E-state index >= 15 is 0 Å². The second-order valence-corrected chi connectivity index (χ2v) is 4.16. The molecule has 1 aliphatic heterocycles. The van der Waals surface area contributed by atoms with Gasteiger partial charge >= 0.3 is 0 Å². The van der Waals surface area contributed by atoms with Crippen molar-refractivity contribution in [1.29, 1.82) is 0 Å². The van der Waals surface area contributed by atoms with Crippen LogP contribution in [0, 0.1) is 0 Å². The van der Waals surface area contributed by atoms with Crippen LogP contribution in [0.4, 0.5) is 0 Å². The molecule has 0 saturated carbocycles. The number of H-pyrrole nitrogens is 1. The van der Waals surface area contributed by atoms with Gasteiger partial charge in [-0.3, -0.25) is 0 Å². The van der Waals surface area contributed by atoms with Crippen molar-refractivity contribution in [3.05, 3.63) is 18.0 Å². The quantitative estimate of drug-likeness (QED) is 0.789. The fourth-order valence-corrected chi connectivity index (χ4v) is 1.88. The summed E-state index contributed by atoms with van der Waals surface area (Å²) in [7, 11) is 0. The molecule has 0 amide bonds. The summed E-state index contributed by atoms with van der Waals surface area (Å²) in [5, 5.41) is 9.48. The first-order chi connectivity index (χ1) is 8.24. The van der Waals surface area contributed by atoms with Gasteiger partial charge in [0.2, 0.25) is 0 Å². The summed E-state index contributed by atoms with van der Waals surface area (Å²) in [5.41, 5.74) is 1.63. The largest absolute Gasteiger partial charge is 0.489 e. The third-order valence-corrected chi connectivity index (χ3v) is 2.77. The third kappa shape index (κ3) is 1.82. The second-order valence-electron chi connectivity index (χ2n) is 4.16. The number of hydrogen-bond acceptors (Lipinski definition) is 4. The number of aromatic nitrogens is 2. The molecule has 1 atom stereocenters. The molecule has 2 aromatic rings. The number of hydrogen-bond donors (Lipinski definition) is 2. The average molecular weight is 234 g/mol. The molecule has 0 spiro atoms. The van der Waals surface area contributed by atoms with Crippen LogP contribution in [-0.4, -0.2) is 28.3 Å². The van der Waals surface area contributed by atoms with E-state index in [-0.39, 0.29) is 0 Å². The minimum absolute atomic E-state index is 0.556. The molecule has 1 aromatic heterocycles. The minimum Gasteiger partial charge on any atom is -0.489 e. The standard InChI is InChI=1S/C12H14N2O3/c1-7(15)12-13-8-5-10-11(6-9(8)14-12)17-4-2-3-16-10/h5-7,15H,2-4H2,1H3,(H,13,14)/t7-/m0/s1. The zero-order valence-corrected chi connectivity index (χ0v) is 9.56. The smallest absolute Gasteiger partial charge is 0.163 e. The number of benzene rings is 1. The van der Waals surface area contributed by atoms with Gasteiger partial charge in [0.25, 0.3) is 0 Å². The number of nitrogens with one attached hydrogen (secondary N) is 1. The summed E-state index contributed by atoms with van der Waals surface area (Å²) < 4.78 is 11.2. The first-order valence-corrected chi connectivity index (χ1v) is 5.71. The van der Waals surface area contributed by atoms with Crippen LogP contribution < -0.4 is 9.47 Å². The highest BCUT2D eigenvalue weighted by molar-refractivity contribution is 5.79. The molecule has 0 aliphatic carbocycles. The van der Waals surface area contributed by atoms with Gasteiger partial charge in [0.1, 0.15) is 11.9 Å². The van der Waals surface area contributed by atoms with Crippen LogP contribution >= 0.6 is 0 Å². The fourth-order valence-electron chi connectivity index (χ4n) is 1.88. The van der Waals surface area contributed by atoms with Gasteiger partial charge in [-0.25, -0.2) is 4.98 Å². The van der Waals surface area contributed by atoms with Gasteiger partial charge in [0, 0.05) is 18.6 Å². The van der Waals surface area contributed by atoms with E-state index in [0.717, 1.165) is 29.0 Å². The van der Waals surface area contributed by atoms with Crippen LogP contribution in [0.2, 0.25) is 0 Å². The van der Waals surface area contributed by atoms with E-state index in [0.29, 0.717) is 19.0 Å². The Bertz CT molecular complexity index is 505. The molecule has 1 aromatic carbocycles. The second kappa shape index (κ2) is 3.92. The molecule has 2 heterocycles. The SMILES string of the molecule is C[C@H](O)c1nc2cc3c(cc2[nH]1)OCCCO3. The highest BCUT2D eigenvalue weighted by Crippen LogP contribution is 2.33. The maximum atomic E-state index is 9.48. The molecule has 5 heteroatoms. The lowest BCUT2D eigenvalue weighted by Gasteiger charge is -2.05. The molecule has 17 heavy (non-hydrogen) atoms. The van der Waals surface area contributed by atoms with Gasteiger partial charge in [-0.1, -0.05) is 0 Å². The van der Waals surface area contributed by atoms with Gasteiger partial charge in [0.05, 0.1) is 24.2 Å². The van der Waals surface area contributed by atoms with Crippen LogP contribution in [-0.2, 0) is 0 Å². The maximum absolute atomic E-state index is 9.48. The van der Waals surface area contributed by atoms with E-state index < -0.39 is 6.10 Å². The Morgan fingerprint density at radius 1 is 1.29 bits per heavy atom. The Hall–Kier alpha value is -1.75. The third-order valence-electron chi connectivity index (χ3n) is 2.77. The van der Waals surface area contributed by atoms with E-state index in [1.54, 1.807) is 6.92 Å². The predicted octanol–water partition coefficient (Wildman–Crippen LogP) is 1.78. The Labute approximate surface area is 98.4 Å². The van der Waals surface area contributed by atoms with Crippen molar-refractivity contribution in [3.63, 3.8) is 0 Å². The molecule has 1 aliphatic rings. The lowest BCUT2D eigenvalue weighted by molar-refractivity contribution is 0.190. The molecule has 2 N–H and O–H groups in total. The van der Waals surface area contributed by atoms with Crippen molar-refractivity contribution in [3.8, 4) is 11.5 Å². The van der Waals surface area contributed by atoms with Crippen molar-refractivity contribution >= 4 is 11.0 Å². The molecule has 0 fully saturated rings. The van der Waals surface area contributed by atoms with E-state index in [2.05, 4.69) is 9.97 Å². The summed E-state index contributed by atoms with van der Waals surface area (Å²) in [4.78, 5) is 7.38. The number of aromatic amines is 1. The summed E-state index contributed by atoms with van der Waals surface area (Å²) in [5.74, 6) is 2.01. The summed E-state index contributed by atoms with van der Waals surface area (Å²) in [6.07, 6.45) is 0.277. The van der Waals surface area contributed by atoms with Gasteiger partial charge < -0.3 is 19.6 Å². The fraction of sp³-hybridized carbons (Fsp3) is 0.417. The maximum Gasteiger partial charge on any atom is 0.163 e. The number of imidazole rings is 1. The molecule has 5 nitrogen and oxygen atoms in total. The number of rotatable bonds is 1. The topological polar surface area (TPSA) is 67.4 Å². The monoisotopic (exact) mass is 234 g/mol. The van der Waals surface area contributed by atoms with Crippen LogP contribution in [0.1, 0.15) is 25.3 Å². The molecule has 0 bridgehead atoms. The Balaban J connectivity index is 2.12. The van der Waals surface area contributed by atoms with E-state index in [1.807, 2.05) is 12.1 Å². The Kier molecular flexibility index (Phi) is 2.40. The van der Waals surface area contributed by atoms with Crippen LogP contribution in [0.25, 0.3) is 11.0 Å². The van der Waals surface area contributed by atoms with E-state index in [1.165, 1.54) is 0 Å². The first kappa shape index (κ1) is 10.4. The average Bonchev–Trinajstić information content (AvgIpc) is 2.58. The predicted molar refractivity (Wildman–Crippen MR) is 62.3 cm³/mol. The van der Waals surface area contributed by atoms with Crippen molar-refractivity contribution < 1.29 is 14.6 Å². The van der Waals surface area contributed by atoms with Gasteiger partial charge in [0.15, 0.2) is 11.5 Å². The highest BCUT2D eigenvalue weighted by atomic mass is 16.5. The molecular formula is C12H14N2O3. The molecule has 0 saturated heterocycles. The summed E-state index contributed by atoms with van der Waals surface area (Å²) in [6.45, 7) is 3.00. The van der Waals surface area contributed by atoms with Gasteiger partial charge in [-0.2, -0.15) is 0 Å². The lowest BCUT2D eigenvalue weighted by Crippen LogP contribution is -1.97. The van der Waals surface area contributed by atoms with Crippen LogP contribution in [0.3, 0.4) is 0 Å². The number of aliphatic hydroxyl groups is 1. The number of aliphatic hydroxyl groups excluding tert-OH is 1. The summed E-state index contributed by atoms with van der Waals surface area (Å²) >= 11 is 0. The van der Waals surface area contributed by atoms with Crippen molar-refractivity contribution in [1.82, 2.24) is 9.97 Å². The lowest BCUT2D eigenvalue weighted by atomic mass is 10.3. The first-order valence-electron chi connectivity index (χ1n) is 5.71. The zero-order chi connectivity index (χ0) is 11.8. The Morgan fingerprint density at radius 2 is 2.00 bits per heavy atom. The number of ether oxygens (including phenoxy) is 2. The highest BCUT2D eigenvalue weighted by Gasteiger charge is 2.15. The molecule has 0 unspecified atom stereocenters. The zero-order valence-electron chi connectivity index (χ0n) is 9.56. The Morgan fingerprint density at radius 3 is 2.71 bits per heavy atom. The van der Waals surface area contributed by atoms with E-state index in [4.69, 9.17) is 9.47 Å². The molecule has 0 radical (unpaired) electrons. The van der Waals surface area contributed by atoms with E-state index in [9.17, 15) is 5.11 Å².